The second-order valence-electron chi connectivity index (χ2n) is 6.37. The fraction of sp³-hybridized carbons (Fsp3) is 0.250. The van der Waals surface area contributed by atoms with Gasteiger partial charge < -0.3 is 10.1 Å². The summed E-state index contributed by atoms with van der Waals surface area (Å²) in [5.41, 5.74) is 4.28. The van der Waals surface area contributed by atoms with E-state index in [4.69, 9.17) is 9.72 Å². The van der Waals surface area contributed by atoms with E-state index < -0.39 is 0 Å². The van der Waals surface area contributed by atoms with Crippen LogP contribution in [0.4, 0.5) is 5.69 Å². The van der Waals surface area contributed by atoms with E-state index in [9.17, 15) is 4.79 Å². The maximum Gasteiger partial charge on any atom is 0.339 e. The molecular formula is C20H18BrN3O2. The molecule has 1 saturated carbocycles. The Morgan fingerprint density at radius 2 is 2.12 bits per heavy atom. The summed E-state index contributed by atoms with van der Waals surface area (Å²) in [6.07, 6.45) is 3.95. The van der Waals surface area contributed by atoms with Gasteiger partial charge in [-0.15, -0.1) is 0 Å². The van der Waals surface area contributed by atoms with Gasteiger partial charge in [0.05, 0.1) is 36.1 Å². The predicted octanol–water partition coefficient (Wildman–Crippen LogP) is 4.67. The first-order valence-corrected chi connectivity index (χ1v) is 9.31. The van der Waals surface area contributed by atoms with E-state index in [1.165, 1.54) is 7.11 Å². The number of carbonyl (C=O) groups excluding carboxylic acids is 1. The molecule has 1 aliphatic rings. The molecule has 2 aromatic heterocycles. The van der Waals surface area contributed by atoms with E-state index in [1.807, 2.05) is 36.4 Å². The number of fused-ring (bicyclic) bond motifs is 1. The predicted molar refractivity (Wildman–Crippen MR) is 104 cm³/mol. The van der Waals surface area contributed by atoms with Gasteiger partial charge in [0.1, 0.15) is 0 Å². The van der Waals surface area contributed by atoms with Crippen LogP contribution in [0.1, 0.15) is 40.5 Å². The van der Waals surface area contributed by atoms with Crippen molar-refractivity contribution in [2.24, 2.45) is 0 Å². The highest BCUT2D eigenvalue weighted by Crippen LogP contribution is 2.40. The maximum atomic E-state index is 11.9. The molecule has 2 heterocycles. The molecule has 1 N–H and O–H groups in total. The van der Waals surface area contributed by atoms with Gasteiger partial charge in [-0.05, 0) is 49.2 Å². The van der Waals surface area contributed by atoms with Crippen molar-refractivity contribution in [1.82, 2.24) is 9.97 Å². The molecule has 1 fully saturated rings. The number of halogens is 1. The van der Waals surface area contributed by atoms with Gasteiger partial charge in [-0.25, -0.2) is 4.79 Å². The van der Waals surface area contributed by atoms with E-state index in [0.29, 0.717) is 18.0 Å². The van der Waals surface area contributed by atoms with E-state index >= 15 is 0 Å². The Balaban J connectivity index is 1.59. The van der Waals surface area contributed by atoms with Crippen molar-refractivity contribution in [3.05, 3.63) is 64.0 Å². The summed E-state index contributed by atoms with van der Waals surface area (Å²) in [5, 5.41) is 4.50. The number of aromatic nitrogens is 2. The highest BCUT2D eigenvalue weighted by Gasteiger charge is 2.30. The highest BCUT2D eigenvalue weighted by atomic mass is 79.9. The first-order chi connectivity index (χ1) is 12.7. The van der Waals surface area contributed by atoms with Crippen molar-refractivity contribution in [3.8, 4) is 0 Å². The van der Waals surface area contributed by atoms with Gasteiger partial charge in [-0.3, -0.25) is 9.97 Å². The second-order valence-corrected chi connectivity index (χ2v) is 7.29. The molecule has 6 heteroatoms. The number of hydrogen-bond donors (Lipinski definition) is 1. The lowest BCUT2D eigenvalue weighted by molar-refractivity contribution is 0.0598. The Kier molecular flexibility index (Phi) is 4.59. The molecule has 0 atom stereocenters. The Morgan fingerprint density at radius 1 is 1.27 bits per heavy atom. The number of benzene rings is 1. The summed E-state index contributed by atoms with van der Waals surface area (Å²) in [4.78, 5) is 21.1. The van der Waals surface area contributed by atoms with Crippen molar-refractivity contribution in [2.45, 2.75) is 25.3 Å². The lowest BCUT2D eigenvalue weighted by atomic mass is 10.1. The normalized spacial score (nSPS) is 13.6. The third kappa shape index (κ3) is 3.42. The summed E-state index contributed by atoms with van der Waals surface area (Å²) in [7, 11) is 1.40. The molecule has 3 aromatic rings. The van der Waals surface area contributed by atoms with Crippen LogP contribution in [-0.4, -0.2) is 23.0 Å². The molecular weight excluding hydrogens is 394 g/mol. The summed E-state index contributed by atoms with van der Waals surface area (Å²) in [5.74, 6) is 0.0627. The number of carbonyl (C=O) groups is 1. The van der Waals surface area contributed by atoms with Gasteiger partial charge in [-0.2, -0.15) is 0 Å². The largest absolute Gasteiger partial charge is 0.465 e. The molecule has 0 saturated heterocycles. The smallest absolute Gasteiger partial charge is 0.339 e. The van der Waals surface area contributed by atoms with E-state index in [-0.39, 0.29) is 5.97 Å². The van der Waals surface area contributed by atoms with Crippen LogP contribution in [0.25, 0.3) is 10.9 Å². The Labute approximate surface area is 159 Å². The van der Waals surface area contributed by atoms with E-state index in [0.717, 1.165) is 45.3 Å². The third-order valence-electron chi connectivity index (χ3n) is 4.52. The lowest BCUT2D eigenvalue weighted by Crippen LogP contribution is -2.10. The average molecular weight is 412 g/mol. The fourth-order valence-corrected chi connectivity index (χ4v) is 3.38. The van der Waals surface area contributed by atoms with Gasteiger partial charge >= 0.3 is 5.97 Å². The second kappa shape index (κ2) is 7.03. The minimum atomic E-state index is -0.315. The molecule has 0 unspecified atom stereocenters. The average Bonchev–Trinajstić information content (AvgIpc) is 3.50. The molecule has 1 aliphatic carbocycles. The Hall–Kier alpha value is -2.47. The number of pyridine rings is 2. The van der Waals surface area contributed by atoms with Crippen molar-refractivity contribution in [3.63, 3.8) is 0 Å². The zero-order chi connectivity index (χ0) is 18.1. The van der Waals surface area contributed by atoms with Gasteiger partial charge in [-0.1, -0.05) is 15.9 Å². The molecule has 0 aliphatic heterocycles. The van der Waals surface area contributed by atoms with Crippen molar-refractivity contribution in [2.75, 3.05) is 12.4 Å². The number of methoxy groups -OCH3 is 1. The first-order valence-electron chi connectivity index (χ1n) is 8.52. The maximum absolute atomic E-state index is 11.9. The van der Waals surface area contributed by atoms with Crippen LogP contribution in [-0.2, 0) is 11.3 Å². The zero-order valence-corrected chi connectivity index (χ0v) is 15.9. The molecule has 132 valence electrons. The van der Waals surface area contributed by atoms with Gasteiger partial charge in [0.25, 0.3) is 0 Å². The molecule has 26 heavy (non-hydrogen) atoms. The SMILES string of the molecule is COC(=O)c1ccc(CNc2ccnc3cc(Br)ccc23)nc1C1CC1. The van der Waals surface area contributed by atoms with Crippen LogP contribution in [0.5, 0.6) is 0 Å². The highest BCUT2D eigenvalue weighted by molar-refractivity contribution is 9.10. The summed E-state index contributed by atoms with van der Waals surface area (Å²) >= 11 is 3.48. The summed E-state index contributed by atoms with van der Waals surface area (Å²) < 4.78 is 5.88. The van der Waals surface area contributed by atoms with Gasteiger partial charge in [0, 0.05) is 27.7 Å². The molecule has 4 rings (SSSR count). The minimum Gasteiger partial charge on any atom is -0.465 e. The standard InChI is InChI=1S/C20H18BrN3O2/c1-26-20(25)16-7-5-14(24-19(16)12-2-3-12)11-23-17-8-9-22-18-10-13(21)4-6-15(17)18/h4-10,12H,2-3,11H2,1H3,(H,22,23). The summed E-state index contributed by atoms with van der Waals surface area (Å²) in [6.45, 7) is 0.580. The van der Waals surface area contributed by atoms with E-state index in [1.54, 1.807) is 6.20 Å². The van der Waals surface area contributed by atoms with Crippen molar-refractivity contribution in [1.29, 1.82) is 0 Å². The van der Waals surface area contributed by atoms with Crippen LogP contribution >= 0.6 is 15.9 Å². The topological polar surface area (TPSA) is 64.1 Å². The van der Waals surface area contributed by atoms with Crippen molar-refractivity contribution >= 4 is 38.5 Å². The molecule has 0 radical (unpaired) electrons. The van der Waals surface area contributed by atoms with Crippen LogP contribution in [0, 0.1) is 0 Å². The fourth-order valence-electron chi connectivity index (χ4n) is 3.03. The number of esters is 1. The van der Waals surface area contributed by atoms with Crippen molar-refractivity contribution < 1.29 is 9.53 Å². The number of rotatable bonds is 5. The molecule has 0 bridgehead atoms. The minimum absolute atomic E-state index is 0.315. The number of hydrogen-bond acceptors (Lipinski definition) is 5. The number of ether oxygens (including phenoxy) is 1. The van der Waals surface area contributed by atoms with Gasteiger partial charge in [0.15, 0.2) is 0 Å². The quantitative estimate of drug-likeness (QED) is 0.618. The molecule has 5 nitrogen and oxygen atoms in total. The number of anilines is 1. The van der Waals surface area contributed by atoms with E-state index in [2.05, 4.69) is 26.2 Å². The Morgan fingerprint density at radius 3 is 2.88 bits per heavy atom. The number of nitrogens with one attached hydrogen (secondary N) is 1. The van der Waals surface area contributed by atoms with Crippen LogP contribution in [0.2, 0.25) is 0 Å². The van der Waals surface area contributed by atoms with Gasteiger partial charge in [0.2, 0.25) is 0 Å². The first kappa shape index (κ1) is 17.0. The Bertz CT molecular complexity index is 986. The lowest BCUT2D eigenvalue weighted by Gasteiger charge is -2.12. The number of nitrogens with zero attached hydrogens (tertiary/aromatic N) is 2. The zero-order valence-electron chi connectivity index (χ0n) is 14.3. The van der Waals surface area contributed by atoms with Crippen LogP contribution in [0.15, 0.2) is 47.1 Å². The monoisotopic (exact) mass is 411 g/mol. The van der Waals surface area contributed by atoms with Crippen LogP contribution < -0.4 is 5.32 Å². The molecule has 0 amide bonds. The van der Waals surface area contributed by atoms with Crippen LogP contribution in [0.3, 0.4) is 0 Å². The third-order valence-corrected chi connectivity index (χ3v) is 5.01. The molecule has 1 aromatic carbocycles. The molecule has 0 spiro atoms. The summed E-state index contributed by atoms with van der Waals surface area (Å²) in [6, 6.07) is 11.7.